The highest BCUT2D eigenvalue weighted by atomic mass is 32.2. The molecule has 0 saturated carbocycles. The molecule has 0 amide bonds. The van der Waals surface area contributed by atoms with Gasteiger partial charge in [-0.1, -0.05) is 24.3 Å². The first kappa shape index (κ1) is 21.6. The number of nitrogens with zero attached hydrogens (tertiary/aromatic N) is 5. The molecule has 1 fully saturated rings. The summed E-state index contributed by atoms with van der Waals surface area (Å²) in [5.41, 5.74) is 4.78. The summed E-state index contributed by atoms with van der Waals surface area (Å²) in [5.74, 6) is 0.734. The monoisotopic (exact) mass is 461 g/mol. The molecule has 0 atom stereocenters. The number of hydrogen-bond donors (Lipinski definition) is 0. The van der Waals surface area contributed by atoms with Gasteiger partial charge < -0.3 is 9.80 Å². The zero-order chi connectivity index (χ0) is 23.0. The van der Waals surface area contributed by atoms with Crippen LogP contribution < -0.4 is 4.90 Å². The molecule has 1 aliphatic heterocycles. The van der Waals surface area contributed by atoms with Crippen molar-refractivity contribution >= 4 is 21.2 Å². The fourth-order valence-corrected chi connectivity index (χ4v) is 4.92. The SMILES string of the molecule is CN1CCN(c2cccc(Cc3nc4c(-c5cccc(S(C)(=O)=O)c5)cccn4n3)c2)CC1. The predicted molar refractivity (Wildman–Crippen MR) is 130 cm³/mol. The molecule has 1 saturated heterocycles. The lowest BCUT2D eigenvalue weighted by atomic mass is 10.1. The first-order valence-corrected chi connectivity index (χ1v) is 12.9. The first-order valence-electron chi connectivity index (χ1n) is 11.0. The van der Waals surface area contributed by atoms with Gasteiger partial charge in [-0.05, 0) is 54.6 Å². The average molecular weight is 462 g/mol. The minimum absolute atomic E-state index is 0.294. The highest BCUT2D eigenvalue weighted by Crippen LogP contribution is 2.26. The second kappa shape index (κ2) is 8.61. The van der Waals surface area contributed by atoms with E-state index >= 15 is 0 Å². The maximum atomic E-state index is 12.0. The van der Waals surface area contributed by atoms with Gasteiger partial charge in [-0.3, -0.25) is 0 Å². The Kier molecular flexibility index (Phi) is 5.64. The standard InChI is InChI=1S/C25H27N5O2S/c1-28-12-14-29(15-13-28)21-8-3-6-19(16-21)17-24-26-25-23(10-5-11-30(25)27-24)20-7-4-9-22(18-20)33(2,31)32/h3-11,16,18H,12-15,17H2,1-2H3. The summed E-state index contributed by atoms with van der Waals surface area (Å²) in [5, 5.41) is 4.68. The Morgan fingerprint density at radius 1 is 0.939 bits per heavy atom. The van der Waals surface area contributed by atoms with Crippen LogP contribution in [0.1, 0.15) is 11.4 Å². The van der Waals surface area contributed by atoms with Crippen LogP contribution in [0, 0.1) is 0 Å². The molecular weight excluding hydrogens is 434 g/mol. The molecule has 170 valence electrons. The van der Waals surface area contributed by atoms with Crippen LogP contribution in [-0.2, 0) is 16.3 Å². The van der Waals surface area contributed by atoms with Gasteiger partial charge in [0.25, 0.3) is 0 Å². The quantitative estimate of drug-likeness (QED) is 0.455. The normalized spacial score (nSPS) is 15.3. The number of likely N-dealkylation sites (N-methyl/N-ethyl adjacent to an activating group) is 1. The Morgan fingerprint density at radius 3 is 2.52 bits per heavy atom. The Bertz CT molecular complexity index is 1410. The highest BCUT2D eigenvalue weighted by molar-refractivity contribution is 7.90. The van der Waals surface area contributed by atoms with E-state index in [4.69, 9.17) is 4.98 Å². The molecular formula is C25H27N5O2S. The number of anilines is 1. The van der Waals surface area contributed by atoms with Crippen molar-refractivity contribution in [3.8, 4) is 11.1 Å². The molecule has 8 heteroatoms. The van der Waals surface area contributed by atoms with Crippen molar-refractivity contribution in [2.75, 3.05) is 44.4 Å². The van der Waals surface area contributed by atoms with Crippen molar-refractivity contribution in [2.45, 2.75) is 11.3 Å². The zero-order valence-electron chi connectivity index (χ0n) is 18.8. The lowest BCUT2D eigenvalue weighted by Crippen LogP contribution is -2.44. The van der Waals surface area contributed by atoms with Crippen LogP contribution in [-0.4, -0.2) is 67.4 Å². The molecule has 7 nitrogen and oxygen atoms in total. The maximum Gasteiger partial charge on any atom is 0.175 e. The van der Waals surface area contributed by atoms with Crippen molar-refractivity contribution in [1.29, 1.82) is 0 Å². The van der Waals surface area contributed by atoms with E-state index in [1.54, 1.807) is 22.7 Å². The molecule has 5 rings (SSSR count). The van der Waals surface area contributed by atoms with Gasteiger partial charge in [0.05, 0.1) is 4.90 Å². The number of piperazine rings is 1. The van der Waals surface area contributed by atoms with Crippen molar-refractivity contribution < 1.29 is 8.42 Å². The van der Waals surface area contributed by atoms with E-state index in [1.165, 1.54) is 17.5 Å². The molecule has 0 N–H and O–H groups in total. The van der Waals surface area contributed by atoms with Crippen LogP contribution in [0.15, 0.2) is 71.8 Å². The average Bonchev–Trinajstić information content (AvgIpc) is 3.22. The van der Waals surface area contributed by atoms with Crippen LogP contribution in [0.25, 0.3) is 16.8 Å². The Labute approximate surface area is 194 Å². The van der Waals surface area contributed by atoms with E-state index in [-0.39, 0.29) is 0 Å². The van der Waals surface area contributed by atoms with Gasteiger partial charge in [-0.15, -0.1) is 0 Å². The van der Waals surface area contributed by atoms with E-state index in [1.807, 2.05) is 24.4 Å². The Balaban J connectivity index is 1.44. The first-order chi connectivity index (χ1) is 15.9. The molecule has 3 heterocycles. The fraction of sp³-hybridized carbons (Fsp3) is 0.280. The minimum atomic E-state index is -3.29. The van der Waals surface area contributed by atoms with E-state index in [2.05, 4.69) is 46.2 Å². The van der Waals surface area contributed by atoms with Gasteiger partial charge in [0, 0.05) is 56.3 Å². The van der Waals surface area contributed by atoms with E-state index < -0.39 is 9.84 Å². The van der Waals surface area contributed by atoms with E-state index in [0.717, 1.165) is 43.1 Å². The molecule has 4 aromatic rings. The second-order valence-corrected chi connectivity index (χ2v) is 10.7. The molecule has 33 heavy (non-hydrogen) atoms. The number of benzene rings is 2. The van der Waals surface area contributed by atoms with Crippen molar-refractivity contribution in [2.24, 2.45) is 0 Å². The minimum Gasteiger partial charge on any atom is -0.369 e. The highest BCUT2D eigenvalue weighted by Gasteiger charge is 2.16. The third-order valence-corrected chi connectivity index (χ3v) is 7.23. The van der Waals surface area contributed by atoms with Crippen LogP contribution in [0.5, 0.6) is 0 Å². The number of rotatable bonds is 5. The van der Waals surface area contributed by atoms with E-state index in [9.17, 15) is 8.42 Å². The number of fused-ring (bicyclic) bond motifs is 1. The summed E-state index contributed by atoms with van der Waals surface area (Å²) >= 11 is 0. The van der Waals surface area contributed by atoms with Crippen molar-refractivity contribution in [3.05, 3.63) is 78.2 Å². The third kappa shape index (κ3) is 4.62. The van der Waals surface area contributed by atoms with Gasteiger partial charge in [-0.2, -0.15) is 5.10 Å². The molecule has 0 bridgehead atoms. The Hall–Kier alpha value is -3.23. The number of sulfone groups is 1. The predicted octanol–water partition coefficient (Wildman–Crippen LogP) is 3.14. The summed E-state index contributed by atoms with van der Waals surface area (Å²) < 4.78 is 25.8. The van der Waals surface area contributed by atoms with Crippen LogP contribution >= 0.6 is 0 Å². The topological polar surface area (TPSA) is 70.8 Å². The molecule has 1 aliphatic rings. The molecule has 2 aromatic carbocycles. The lowest BCUT2D eigenvalue weighted by Gasteiger charge is -2.34. The number of aromatic nitrogens is 3. The smallest absolute Gasteiger partial charge is 0.175 e. The molecule has 0 aliphatic carbocycles. The van der Waals surface area contributed by atoms with Gasteiger partial charge in [-0.25, -0.2) is 17.9 Å². The summed E-state index contributed by atoms with van der Waals surface area (Å²) in [4.78, 5) is 9.88. The van der Waals surface area contributed by atoms with Crippen LogP contribution in [0.3, 0.4) is 0 Å². The number of hydrogen-bond acceptors (Lipinski definition) is 6. The van der Waals surface area contributed by atoms with Gasteiger partial charge in [0.1, 0.15) is 0 Å². The maximum absolute atomic E-state index is 12.0. The molecule has 0 radical (unpaired) electrons. The third-order valence-electron chi connectivity index (χ3n) is 6.12. The zero-order valence-corrected chi connectivity index (χ0v) is 19.7. The fourth-order valence-electron chi connectivity index (χ4n) is 4.26. The summed E-state index contributed by atoms with van der Waals surface area (Å²) in [7, 11) is -1.13. The number of pyridine rings is 1. The summed E-state index contributed by atoms with van der Waals surface area (Å²) in [6.07, 6.45) is 3.72. The van der Waals surface area contributed by atoms with Crippen molar-refractivity contribution in [1.82, 2.24) is 19.5 Å². The van der Waals surface area contributed by atoms with Crippen molar-refractivity contribution in [3.63, 3.8) is 0 Å². The largest absolute Gasteiger partial charge is 0.369 e. The molecule has 2 aromatic heterocycles. The second-order valence-electron chi connectivity index (χ2n) is 8.66. The van der Waals surface area contributed by atoms with Crippen LogP contribution in [0.4, 0.5) is 5.69 Å². The van der Waals surface area contributed by atoms with Gasteiger partial charge in [0.2, 0.25) is 0 Å². The molecule has 0 unspecified atom stereocenters. The van der Waals surface area contributed by atoms with Crippen LogP contribution in [0.2, 0.25) is 0 Å². The van der Waals surface area contributed by atoms with Gasteiger partial charge >= 0.3 is 0 Å². The summed E-state index contributed by atoms with van der Waals surface area (Å²) in [6, 6.07) is 19.4. The van der Waals surface area contributed by atoms with E-state index in [0.29, 0.717) is 17.0 Å². The van der Waals surface area contributed by atoms with Gasteiger partial charge in [0.15, 0.2) is 21.3 Å². The lowest BCUT2D eigenvalue weighted by molar-refractivity contribution is 0.313. The molecule has 0 spiro atoms. The summed E-state index contributed by atoms with van der Waals surface area (Å²) in [6.45, 7) is 4.20. The Morgan fingerprint density at radius 2 is 1.73 bits per heavy atom.